The zero-order valence-corrected chi connectivity index (χ0v) is 13.6. The molecule has 0 saturated heterocycles. The van der Waals surface area contributed by atoms with Crippen LogP contribution in [0.1, 0.15) is 31.2 Å². The highest BCUT2D eigenvalue weighted by Gasteiger charge is 2.30. The minimum absolute atomic E-state index is 0.155. The lowest BCUT2D eigenvalue weighted by molar-refractivity contribution is -0.137. The molecule has 0 spiro atoms. The van der Waals surface area contributed by atoms with Crippen LogP contribution in [0.4, 0.5) is 13.2 Å². The number of pyridine rings is 1. The zero-order chi connectivity index (χ0) is 15.6. The van der Waals surface area contributed by atoms with Crippen LogP contribution < -0.4 is 0 Å². The van der Waals surface area contributed by atoms with Crippen LogP contribution in [0.15, 0.2) is 39.1 Å². The quantitative estimate of drug-likeness (QED) is 0.711. The second kappa shape index (κ2) is 6.31. The van der Waals surface area contributed by atoms with Gasteiger partial charge in [-0.2, -0.15) is 13.2 Å². The van der Waals surface area contributed by atoms with E-state index in [1.165, 1.54) is 17.8 Å². The number of halogens is 4. The summed E-state index contributed by atoms with van der Waals surface area (Å²) in [5.41, 5.74) is -0.765. The number of rotatable bonds is 3. The van der Waals surface area contributed by atoms with Crippen LogP contribution in [0.2, 0.25) is 0 Å². The van der Waals surface area contributed by atoms with E-state index in [4.69, 9.17) is 0 Å². The van der Waals surface area contributed by atoms with Gasteiger partial charge in [-0.3, -0.25) is 0 Å². The average molecular weight is 378 g/mol. The Labute approximate surface area is 132 Å². The molecule has 0 N–H and O–H groups in total. The lowest BCUT2D eigenvalue weighted by Crippen LogP contribution is -2.05. The number of hydrogen-bond acceptors (Lipinski definition) is 4. The van der Waals surface area contributed by atoms with Gasteiger partial charge in [-0.15, -0.1) is 0 Å². The molecular formula is C13H11BrF3N3S. The summed E-state index contributed by atoms with van der Waals surface area (Å²) >= 11 is 4.49. The molecular weight excluding hydrogens is 367 g/mol. The Hall–Kier alpha value is -1.15. The van der Waals surface area contributed by atoms with E-state index >= 15 is 0 Å². The average Bonchev–Trinajstić information content (AvgIpc) is 2.37. The molecule has 8 heteroatoms. The minimum Gasteiger partial charge on any atom is -0.249 e. The summed E-state index contributed by atoms with van der Waals surface area (Å²) in [5.74, 6) is 0.821. The molecule has 0 radical (unpaired) electrons. The molecule has 112 valence electrons. The Morgan fingerprint density at radius 2 is 1.86 bits per heavy atom. The van der Waals surface area contributed by atoms with E-state index in [-0.39, 0.29) is 5.92 Å². The van der Waals surface area contributed by atoms with Crippen LogP contribution >= 0.6 is 27.7 Å². The largest absolute Gasteiger partial charge is 0.417 e. The molecule has 21 heavy (non-hydrogen) atoms. The third-order valence-electron chi connectivity index (χ3n) is 2.48. The highest BCUT2D eigenvalue weighted by Crippen LogP contribution is 2.31. The van der Waals surface area contributed by atoms with Gasteiger partial charge in [0.2, 0.25) is 0 Å². The molecule has 0 bridgehead atoms. The summed E-state index contributed by atoms with van der Waals surface area (Å²) < 4.78 is 38.0. The van der Waals surface area contributed by atoms with Gasteiger partial charge >= 0.3 is 6.18 Å². The second-order valence-corrected chi connectivity index (χ2v) is 6.38. The summed E-state index contributed by atoms with van der Waals surface area (Å²) in [4.78, 5) is 12.4. The summed E-state index contributed by atoms with van der Waals surface area (Å²) in [5, 5.41) is 1.08. The van der Waals surface area contributed by atoms with Crippen molar-refractivity contribution in [3.8, 4) is 0 Å². The minimum atomic E-state index is -4.38. The van der Waals surface area contributed by atoms with Gasteiger partial charge in [-0.05, 0) is 39.8 Å². The molecule has 0 saturated carbocycles. The number of aromatic nitrogens is 3. The first-order chi connectivity index (χ1) is 9.75. The van der Waals surface area contributed by atoms with Gasteiger partial charge in [-0.1, -0.05) is 13.8 Å². The Bertz CT molecular complexity index is 630. The molecule has 0 atom stereocenters. The van der Waals surface area contributed by atoms with Crippen LogP contribution in [0, 0.1) is 0 Å². The van der Waals surface area contributed by atoms with Crippen molar-refractivity contribution in [1.82, 2.24) is 15.0 Å². The van der Waals surface area contributed by atoms with Crippen molar-refractivity contribution < 1.29 is 13.2 Å². The van der Waals surface area contributed by atoms with Crippen molar-refractivity contribution in [1.29, 1.82) is 0 Å². The molecule has 2 rings (SSSR count). The Morgan fingerprint density at radius 3 is 2.38 bits per heavy atom. The van der Waals surface area contributed by atoms with E-state index in [1.54, 1.807) is 6.07 Å². The van der Waals surface area contributed by atoms with Crippen molar-refractivity contribution in [3.05, 3.63) is 40.4 Å². The Balaban J connectivity index is 2.22. The van der Waals surface area contributed by atoms with Gasteiger partial charge in [0, 0.05) is 18.2 Å². The summed E-state index contributed by atoms with van der Waals surface area (Å²) in [6.45, 7) is 3.93. The maximum Gasteiger partial charge on any atom is 0.417 e. The predicted octanol–water partition coefficient (Wildman–Crippen LogP) is 4.93. The fraction of sp³-hybridized carbons (Fsp3) is 0.308. The van der Waals surface area contributed by atoms with E-state index in [1.807, 2.05) is 13.8 Å². The normalized spacial score (nSPS) is 12.0. The van der Waals surface area contributed by atoms with Gasteiger partial charge in [-0.25, -0.2) is 15.0 Å². The molecule has 2 aromatic heterocycles. The van der Waals surface area contributed by atoms with Crippen LogP contribution in [0.5, 0.6) is 0 Å². The SMILES string of the molecule is CC(C)c1nc(Br)cc(Sc2ccc(C(F)(F)F)cn2)n1. The maximum atomic E-state index is 12.5. The van der Waals surface area contributed by atoms with Crippen LogP contribution in [0.25, 0.3) is 0 Å². The van der Waals surface area contributed by atoms with Gasteiger partial charge in [0.05, 0.1) is 5.56 Å². The number of nitrogens with zero attached hydrogens (tertiary/aromatic N) is 3. The second-order valence-electron chi connectivity index (χ2n) is 4.53. The van der Waals surface area contributed by atoms with Crippen LogP contribution in [-0.4, -0.2) is 15.0 Å². The molecule has 2 aromatic rings. The lowest BCUT2D eigenvalue weighted by Gasteiger charge is -2.08. The van der Waals surface area contributed by atoms with E-state index in [0.717, 1.165) is 12.3 Å². The summed E-state index contributed by atoms with van der Waals surface area (Å²) in [6, 6.07) is 4.05. The molecule has 0 aliphatic rings. The predicted molar refractivity (Wildman–Crippen MR) is 77.2 cm³/mol. The van der Waals surface area contributed by atoms with Gasteiger partial charge in [0.25, 0.3) is 0 Å². The number of hydrogen-bond donors (Lipinski definition) is 0. The third-order valence-corrected chi connectivity index (χ3v) is 3.75. The first kappa shape index (κ1) is 16.2. The molecule has 0 unspecified atom stereocenters. The Kier molecular flexibility index (Phi) is 4.88. The van der Waals surface area contributed by atoms with Crippen molar-refractivity contribution in [2.75, 3.05) is 0 Å². The first-order valence-electron chi connectivity index (χ1n) is 6.01. The van der Waals surface area contributed by atoms with E-state index in [0.29, 0.717) is 20.5 Å². The van der Waals surface area contributed by atoms with Gasteiger partial charge < -0.3 is 0 Å². The van der Waals surface area contributed by atoms with Crippen molar-refractivity contribution >= 4 is 27.7 Å². The molecule has 0 aliphatic carbocycles. The third kappa shape index (κ3) is 4.41. The molecule has 0 fully saturated rings. The smallest absolute Gasteiger partial charge is 0.249 e. The van der Waals surface area contributed by atoms with Crippen molar-refractivity contribution in [2.45, 2.75) is 36.0 Å². The van der Waals surface area contributed by atoms with E-state index in [2.05, 4.69) is 30.9 Å². The Morgan fingerprint density at radius 1 is 1.14 bits per heavy atom. The van der Waals surface area contributed by atoms with Crippen molar-refractivity contribution in [3.63, 3.8) is 0 Å². The molecule has 0 aromatic carbocycles. The highest BCUT2D eigenvalue weighted by molar-refractivity contribution is 9.10. The highest BCUT2D eigenvalue weighted by atomic mass is 79.9. The topological polar surface area (TPSA) is 38.7 Å². The van der Waals surface area contributed by atoms with Crippen LogP contribution in [-0.2, 0) is 6.18 Å². The monoisotopic (exact) mass is 377 g/mol. The zero-order valence-electron chi connectivity index (χ0n) is 11.1. The molecule has 0 aliphatic heterocycles. The summed E-state index contributed by atoms with van der Waals surface area (Å²) in [7, 11) is 0. The fourth-order valence-corrected chi connectivity index (χ4v) is 2.76. The van der Waals surface area contributed by atoms with E-state index < -0.39 is 11.7 Å². The van der Waals surface area contributed by atoms with Gasteiger partial charge in [0.15, 0.2) is 0 Å². The number of alkyl halides is 3. The maximum absolute atomic E-state index is 12.5. The lowest BCUT2D eigenvalue weighted by atomic mass is 10.2. The summed E-state index contributed by atoms with van der Waals surface area (Å²) in [6.07, 6.45) is -3.55. The van der Waals surface area contributed by atoms with Gasteiger partial charge in [0.1, 0.15) is 20.5 Å². The molecule has 2 heterocycles. The standard InChI is InChI=1S/C13H11BrF3N3S/c1-7(2)12-19-9(14)5-11(20-12)21-10-4-3-8(6-18-10)13(15,16)17/h3-7H,1-2H3. The van der Waals surface area contributed by atoms with E-state index in [9.17, 15) is 13.2 Å². The van der Waals surface area contributed by atoms with Crippen molar-refractivity contribution in [2.24, 2.45) is 0 Å². The van der Waals surface area contributed by atoms with Crippen LogP contribution in [0.3, 0.4) is 0 Å². The molecule has 3 nitrogen and oxygen atoms in total. The molecule has 0 amide bonds. The fourth-order valence-electron chi connectivity index (χ4n) is 1.44. The first-order valence-corrected chi connectivity index (χ1v) is 7.62.